The number of nitrogens with zero attached hydrogens (tertiary/aromatic N) is 1. The third-order valence-corrected chi connectivity index (χ3v) is 9.98. The van der Waals surface area contributed by atoms with Crippen molar-refractivity contribution >= 4 is 11.8 Å². The van der Waals surface area contributed by atoms with Crippen molar-refractivity contribution in [2.45, 2.75) is 129 Å². The Morgan fingerprint density at radius 2 is 1.73 bits per heavy atom. The molecule has 0 aliphatic carbocycles. The van der Waals surface area contributed by atoms with E-state index in [0.717, 1.165) is 12.0 Å². The summed E-state index contributed by atoms with van der Waals surface area (Å²) in [4.78, 5) is 29.7. The molecule has 0 spiro atoms. The monoisotopic (exact) mass is 627 g/mol. The number of carbonyl (C=O) groups is 2. The van der Waals surface area contributed by atoms with Crippen LogP contribution in [-0.2, 0) is 38.0 Å². The maximum Gasteiger partial charge on any atom is 0.316 e. The smallest absolute Gasteiger partial charge is 0.316 e. The molecule has 1 saturated heterocycles. The molecule has 0 aromatic heterocycles. The fourth-order valence-electron chi connectivity index (χ4n) is 7.37. The number of cyclic esters (lactones) is 1. The minimum Gasteiger partial charge on any atom is -0.459 e. The van der Waals surface area contributed by atoms with Crippen LogP contribution >= 0.6 is 0 Å². The van der Waals surface area contributed by atoms with Crippen LogP contribution in [0.4, 0.5) is 0 Å². The van der Waals surface area contributed by atoms with E-state index in [1.165, 1.54) is 0 Å². The van der Waals surface area contributed by atoms with Crippen LogP contribution in [0.2, 0.25) is 0 Å². The Balaban J connectivity index is 2.67. The fourth-order valence-corrected chi connectivity index (χ4v) is 7.37. The molecule has 0 unspecified atom stereocenters. The standard InChI is InChI=1S/C34H61NO9/c1-14-27-34(8,38)25(15-16-39-11)21(3)17-20(2)19-33(7,41-13)30(23(5)28(36)24(6)31(37)43-27)44-32-29(40-12)26(35(9)10)18-22(4)42-32/h17,20,22-27,29-30,32,38H,14-16,18-19H2,1-13H3/b21-17-/t20-,22+,23-,24+,25+,26-,27+,29+,30+,32-,33+,34-/m0/s1. The van der Waals surface area contributed by atoms with Gasteiger partial charge in [0.1, 0.15) is 23.7 Å². The van der Waals surface area contributed by atoms with E-state index < -0.39 is 53.6 Å². The van der Waals surface area contributed by atoms with Crippen LogP contribution in [-0.4, -0.2) is 112 Å². The molecule has 0 amide bonds. The van der Waals surface area contributed by atoms with E-state index in [9.17, 15) is 14.7 Å². The zero-order valence-electron chi connectivity index (χ0n) is 29.5. The maximum atomic E-state index is 14.1. The molecule has 1 N–H and O–H groups in total. The lowest BCUT2D eigenvalue weighted by Gasteiger charge is -2.47. The van der Waals surface area contributed by atoms with Crippen LogP contribution in [0.3, 0.4) is 0 Å². The first-order valence-electron chi connectivity index (χ1n) is 16.2. The average Bonchev–Trinajstić information content (AvgIpc) is 2.96. The zero-order valence-corrected chi connectivity index (χ0v) is 29.5. The van der Waals surface area contributed by atoms with Crippen molar-refractivity contribution in [1.82, 2.24) is 4.90 Å². The summed E-state index contributed by atoms with van der Waals surface area (Å²) >= 11 is 0. The van der Waals surface area contributed by atoms with Crippen molar-refractivity contribution in [2.75, 3.05) is 42.0 Å². The van der Waals surface area contributed by atoms with Crippen LogP contribution in [0, 0.1) is 23.7 Å². The number of carbonyl (C=O) groups excluding carboxylic acids is 2. The Labute approximate surface area is 266 Å². The van der Waals surface area contributed by atoms with E-state index in [4.69, 9.17) is 28.4 Å². The third kappa shape index (κ3) is 8.90. The summed E-state index contributed by atoms with van der Waals surface area (Å²) in [5.41, 5.74) is -1.37. The molecule has 256 valence electrons. The number of ketones is 1. The summed E-state index contributed by atoms with van der Waals surface area (Å²) < 4.78 is 36.6. The van der Waals surface area contributed by atoms with Gasteiger partial charge in [-0.1, -0.05) is 32.4 Å². The van der Waals surface area contributed by atoms with Gasteiger partial charge in [-0.2, -0.15) is 0 Å². The molecular weight excluding hydrogens is 566 g/mol. The Kier molecular flexibility index (Phi) is 14.5. The van der Waals surface area contributed by atoms with E-state index in [1.807, 2.05) is 41.8 Å². The number of hydrogen-bond donors (Lipinski definition) is 1. The van der Waals surface area contributed by atoms with E-state index >= 15 is 0 Å². The summed E-state index contributed by atoms with van der Waals surface area (Å²) in [6.07, 6.45) is 1.47. The second-order valence-corrected chi connectivity index (χ2v) is 13.8. The minimum atomic E-state index is -1.38. The quantitative estimate of drug-likeness (QED) is 0.224. The van der Waals surface area contributed by atoms with E-state index in [1.54, 1.807) is 42.1 Å². The lowest BCUT2D eigenvalue weighted by molar-refractivity contribution is -0.299. The second-order valence-electron chi connectivity index (χ2n) is 13.8. The lowest BCUT2D eigenvalue weighted by Crippen LogP contribution is -2.59. The van der Waals surface area contributed by atoms with Gasteiger partial charge in [0, 0.05) is 45.8 Å². The van der Waals surface area contributed by atoms with E-state index in [-0.39, 0.29) is 29.8 Å². The summed E-state index contributed by atoms with van der Waals surface area (Å²) in [5.74, 6) is -3.21. The SMILES string of the molecule is CC[C@H]1OC(=O)[C@H](C)C(=O)[C@H](C)[C@@H](O[C@@H]2O[C@H](C)C[C@H](N(C)C)[C@H]2OC)[C@](C)(OC)C[C@@H](C)/C=C(/C)[C@@H](CCOC)[C@]1(C)O. The Hall–Kier alpha value is -1.40. The van der Waals surface area contributed by atoms with E-state index in [2.05, 4.69) is 17.9 Å². The molecular formula is C34H61NO9. The van der Waals surface area contributed by atoms with Crippen LogP contribution in [0.1, 0.15) is 81.1 Å². The molecule has 44 heavy (non-hydrogen) atoms. The van der Waals surface area contributed by atoms with Crippen molar-refractivity contribution in [3.63, 3.8) is 0 Å². The number of hydrogen-bond acceptors (Lipinski definition) is 10. The highest BCUT2D eigenvalue weighted by Crippen LogP contribution is 2.39. The van der Waals surface area contributed by atoms with Gasteiger partial charge < -0.3 is 38.4 Å². The van der Waals surface area contributed by atoms with Crippen LogP contribution < -0.4 is 0 Å². The van der Waals surface area contributed by atoms with Gasteiger partial charge in [-0.05, 0) is 80.3 Å². The molecule has 0 aromatic carbocycles. The minimum absolute atomic E-state index is 0.0175. The normalized spacial score (nSPS) is 42.8. The topological polar surface area (TPSA) is 113 Å². The van der Waals surface area contributed by atoms with Gasteiger partial charge in [-0.25, -0.2) is 0 Å². The summed E-state index contributed by atoms with van der Waals surface area (Å²) in [6.45, 7) is 15.4. The molecule has 2 aliphatic heterocycles. The first-order chi connectivity index (χ1) is 20.5. The van der Waals surface area contributed by atoms with Gasteiger partial charge in [0.15, 0.2) is 12.1 Å². The predicted molar refractivity (Wildman–Crippen MR) is 169 cm³/mol. The molecule has 2 aliphatic rings. The molecule has 12 atom stereocenters. The van der Waals surface area contributed by atoms with Crippen LogP contribution in [0.15, 0.2) is 11.6 Å². The highest BCUT2D eigenvalue weighted by Gasteiger charge is 2.50. The summed E-state index contributed by atoms with van der Waals surface area (Å²) in [6, 6.07) is 0.0354. The number of allylic oxidation sites excluding steroid dienone is 1. The Morgan fingerprint density at radius 1 is 1.09 bits per heavy atom. The molecule has 0 bridgehead atoms. The molecule has 0 saturated carbocycles. The van der Waals surface area contributed by atoms with Gasteiger partial charge in [-0.3, -0.25) is 9.59 Å². The number of likely N-dealkylation sites (N-methyl/N-ethyl adjacent to an activating group) is 1. The van der Waals surface area contributed by atoms with Crippen LogP contribution in [0.25, 0.3) is 0 Å². The number of Topliss-reactive ketones (excluding diaryl/α,β-unsaturated/α-hetero) is 1. The molecule has 1 fully saturated rings. The van der Waals surface area contributed by atoms with Crippen molar-refractivity contribution in [3.05, 3.63) is 11.6 Å². The number of ether oxygens (including phenoxy) is 6. The van der Waals surface area contributed by atoms with Crippen molar-refractivity contribution in [3.8, 4) is 0 Å². The Bertz CT molecular complexity index is 968. The van der Waals surface area contributed by atoms with Crippen LogP contribution in [0.5, 0.6) is 0 Å². The van der Waals surface area contributed by atoms with Gasteiger partial charge in [0.2, 0.25) is 0 Å². The average molecular weight is 628 g/mol. The van der Waals surface area contributed by atoms with E-state index in [0.29, 0.717) is 25.9 Å². The summed E-state index contributed by atoms with van der Waals surface area (Å²) in [7, 11) is 8.89. The van der Waals surface area contributed by atoms with Gasteiger partial charge in [-0.15, -0.1) is 0 Å². The molecule has 10 nitrogen and oxygen atoms in total. The lowest BCUT2D eigenvalue weighted by atomic mass is 9.74. The number of esters is 1. The molecule has 2 rings (SSSR count). The molecule has 10 heteroatoms. The molecule has 2 heterocycles. The zero-order chi connectivity index (χ0) is 33.6. The highest BCUT2D eigenvalue weighted by atomic mass is 16.7. The first-order valence-corrected chi connectivity index (χ1v) is 16.2. The molecule has 0 radical (unpaired) electrons. The number of methoxy groups -OCH3 is 3. The number of rotatable bonds is 9. The van der Waals surface area contributed by atoms with Gasteiger partial charge >= 0.3 is 5.97 Å². The largest absolute Gasteiger partial charge is 0.459 e. The highest BCUT2D eigenvalue weighted by molar-refractivity contribution is 6.00. The second kappa shape index (κ2) is 16.4. The van der Waals surface area contributed by atoms with Gasteiger partial charge in [0.25, 0.3) is 0 Å². The Morgan fingerprint density at radius 3 is 2.25 bits per heavy atom. The van der Waals surface area contributed by atoms with Crippen molar-refractivity contribution in [2.24, 2.45) is 23.7 Å². The third-order valence-electron chi connectivity index (χ3n) is 9.98. The first kappa shape index (κ1) is 38.8. The van der Waals surface area contributed by atoms with Crippen molar-refractivity contribution in [1.29, 1.82) is 0 Å². The maximum absolute atomic E-state index is 14.1. The van der Waals surface area contributed by atoms with Crippen molar-refractivity contribution < 1.29 is 43.1 Å². The molecule has 0 aromatic rings. The van der Waals surface area contributed by atoms with Gasteiger partial charge in [0.05, 0.1) is 17.8 Å². The predicted octanol–water partition coefficient (Wildman–Crippen LogP) is 4.41. The number of aliphatic hydroxyl groups is 1. The fraction of sp³-hybridized carbons (Fsp3) is 0.882. The summed E-state index contributed by atoms with van der Waals surface area (Å²) in [5, 5.41) is 11.9.